The van der Waals surface area contributed by atoms with E-state index in [9.17, 15) is 0 Å². The molecule has 1 aliphatic rings. The second kappa shape index (κ2) is 8.23. The molecule has 1 unspecified atom stereocenters. The van der Waals surface area contributed by atoms with Gasteiger partial charge in [-0.15, -0.1) is 0 Å². The van der Waals surface area contributed by atoms with Crippen molar-refractivity contribution in [2.24, 2.45) is 11.7 Å². The summed E-state index contributed by atoms with van der Waals surface area (Å²) in [5.74, 6) is 0.703. The van der Waals surface area contributed by atoms with Crippen LogP contribution in [0, 0.1) is 5.92 Å². The molecule has 0 aliphatic heterocycles. The van der Waals surface area contributed by atoms with E-state index in [4.69, 9.17) is 14.6 Å². The molecule has 95 valence electrons. The molecule has 0 amide bonds. The molecule has 1 atom stereocenters. The lowest BCUT2D eigenvalue weighted by Gasteiger charge is -2.28. The zero-order valence-corrected chi connectivity index (χ0v) is 11.7. The summed E-state index contributed by atoms with van der Waals surface area (Å²) in [5, 5.41) is 0. The number of nitrogens with two attached hydrogens (primary N) is 1. The van der Waals surface area contributed by atoms with E-state index in [0.717, 1.165) is 19.3 Å². The molecule has 3 nitrogen and oxygen atoms in total. The number of hydrogen-bond acceptors (Lipinski definition) is 3. The second-order valence-electron chi connectivity index (χ2n) is 4.50. The lowest BCUT2D eigenvalue weighted by Crippen LogP contribution is -2.38. The molecule has 0 saturated heterocycles. The molecule has 1 rings (SSSR count). The molecular formula is C12H26NO2Si. The van der Waals surface area contributed by atoms with Gasteiger partial charge in [-0.2, -0.15) is 0 Å². The zero-order chi connectivity index (χ0) is 11.8. The third-order valence-corrected chi connectivity index (χ3v) is 5.29. The van der Waals surface area contributed by atoms with E-state index in [1.54, 1.807) is 0 Å². The van der Waals surface area contributed by atoms with Gasteiger partial charge in [0.1, 0.15) is 0 Å². The average Bonchev–Trinajstić information content (AvgIpc) is 2.31. The van der Waals surface area contributed by atoms with Crippen LogP contribution < -0.4 is 5.73 Å². The summed E-state index contributed by atoms with van der Waals surface area (Å²) in [6.07, 6.45) is 6.69. The van der Waals surface area contributed by atoms with E-state index < -0.39 is 9.28 Å². The van der Waals surface area contributed by atoms with Crippen molar-refractivity contribution in [1.82, 2.24) is 0 Å². The molecule has 16 heavy (non-hydrogen) atoms. The van der Waals surface area contributed by atoms with E-state index >= 15 is 0 Å². The van der Waals surface area contributed by atoms with Crippen LogP contribution in [0.2, 0.25) is 6.04 Å². The van der Waals surface area contributed by atoms with E-state index in [1.807, 2.05) is 13.8 Å². The fourth-order valence-electron chi connectivity index (χ4n) is 2.40. The summed E-state index contributed by atoms with van der Waals surface area (Å²) in [5.41, 5.74) is 6.28. The Bertz CT molecular complexity index is 168. The minimum atomic E-state index is -1.12. The first-order chi connectivity index (χ1) is 7.77. The van der Waals surface area contributed by atoms with E-state index in [0.29, 0.717) is 5.92 Å². The van der Waals surface area contributed by atoms with Crippen molar-refractivity contribution >= 4 is 9.28 Å². The normalized spacial score (nSPS) is 20.2. The Morgan fingerprint density at radius 2 is 1.69 bits per heavy atom. The van der Waals surface area contributed by atoms with Gasteiger partial charge in [-0.25, -0.2) is 0 Å². The molecule has 1 aliphatic carbocycles. The molecule has 1 radical (unpaired) electrons. The standard InChI is InChI=1S/C12H26NO2Si/c1-3-14-16(15-4-2)10-12(13)11-8-6-5-7-9-11/h11-12H,3-10,13H2,1-2H3. The fraction of sp³-hybridized carbons (Fsp3) is 1.00. The van der Waals surface area contributed by atoms with Crippen LogP contribution in [0.15, 0.2) is 0 Å². The minimum absolute atomic E-state index is 0.285. The number of rotatable bonds is 7. The van der Waals surface area contributed by atoms with Gasteiger partial charge in [0.2, 0.25) is 0 Å². The average molecular weight is 244 g/mol. The second-order valence-corrected chi connectivity index (χ2v) is 6.23. The summed E-state index contributed by atoms with van der Waals surface area (Å²) < 4.78 is 11.3. The third-order valence-electron chi connectivity index (χ3n) is 3.27. The van der Waals surface area contributed by atoms with Gasteiger partial charge in [0.25, 0.3) is 0 Å². The van der Waals surface area contributed by atoms with Crippen LogP contribution in [0.1, 0.15) is 46.0 Å². The summed E-state index contributed by atoms with van der Waals surface area (Å²) in [6, 6.07) is 1.23. The van der Waals surface area contributed by atoms with Crippen molar-refractivity contribution in [1.29, 1.82) is 0 Å². The summed E-state index contributed by atoms with van der Waals surface area (Å²) >= 11 is 0. The van der Waals surface area contributed by atoms with Crippen molar-refractivity contribution < 1.29 is 8.85 Å². The Balaban J connectivity index is 2.30. The zero-order valence-electron chi connectivity index (χ0n) is 10.7. The molecule has 0 aromatic heterocycles. The Hall–Kier alpha value is 0.0969. The molecule has 2 N–H and O–H groups in total. The smallest absolute Gasteiger partial charge is 0.386 e. The number of hydrogen-bond donors (Lipinski definition) is 1. The maximum Gasteiger partial charge on any atom is 0.386 e. The minimum Gasteiger partial charge on any atom is -0.394 e. The first kappa shape index (κ1) is 14.2. The Labute approximate surface area is 102 Å². The van der Waals surface area contributed by atoms with Gasteiger partial charge in [0.15, 0.2) is 0 Å². The molecule has 0 bridgehead atoms. The Morgan fingerprint density at radius 3 is 2.19 bits per heavy atom. The maximum absolute atomic E-state index is 6.28. The van der Waals surface area contributed by atoms with Gasteiger partial charge < -0.3 is 14.6 Å². The summed E-state index contributed by atoms with van der Waals surface area (Å²) in [6.45, 7) is 5.53. The molecule has 4 heteroatoms. The van der Waals surface area contributed by atoms with Crippen LogP contribution in [0.5, 0.6) is 0 Å². The topological polar surface area (TPSA) is 44.5 Å². The molecule has 0 spiro atoms. The molecule has 1 saturated carbocycles. The summed E-state index contributed by atoms with van der Waals surface area (Å²) in [4.78, 5) is 0. The van der Waals surface area contributed by atoms with Gasteiger partial charge in [-0.1, -0.05) is 19.3 Å². The van der Waals surface area contributed by atoms with Crippen molar-refractivity contribution in [2.75, 3.05) is 13.2 Å². The van der Waals surface area contributed by atoms with Crippen LogP contribution in [-0.2, 0) is 8.85 Å². The van der Waals surface area contributed by atoms with Crippen molar-refractivity contribution in [3.05, 3.63) is 0 Å². The largest absolute Gasteiger partial charge is 0.394 e. The van der Waals surface area contributed by atoms with Crippen LogP contribution >= 0.6 is 0 Å². The fourth-order valence-corrected chi connectivity index (χ4v) is 4.08. The summed E-state index contributed by atoms with van der Waals surface area (Å²) in [7, 11) is -1.12. The van der Waals surface area contributed by atoms with Crippen molar-refractivity contribution in [3.63, 3.8) is 0 Å². The highest BCUT2D eigenvalue weighted by Gasteiger charge is 2.26. The third kappa shape index (κ3) is 4.95. The van der Waals surface area contributed by atoms with Crippen LogP contribution in [-0.4, -0.2) is 28.5 Å². The lowest BCUT2D eigenvalue weighted by molar-refractivity contribution is 0.204. The first-order valence-electron chi connectivity index (χ1n) is 6.64. The molecule has 0 aromatic rings. The monoisotopic (exact) mass is 244 g/mol. The molecular weight excluding hydrogens is 218 g/mol. The molecule has 1 fully saturated rings. The predicted molar refractivity (Wildman–Crippen MR) is 68.4 cm³/mol. The Morgan fingerprint density at radius 1 is 1.12 bits per heavy atom. The highest BCUT2D eigenvalue weighted by molar-refractivity contribution is 6.44. The van der Waals surface area contributed by atoms with Gasteiger partial charge in [0.05, 0.1) is 0 Å². The van der Waals surface area contributed by atoms with Gasteiger partial charge in [-0.05, 0) is 32.6 Å². The maximum atomic E-state index is 6.28. The molecule has 0 heterocycles. The first-order valence-corrected chi connectivity index (χ1v) is 8.17. The van der Waals surface area contributed by atoms with Crippen molar-refractivity contribution in [2.45, 2.75) is 58.0 Å². The lowest BCUT2D eigenvalue weighted by atomic mass is 9.85. The van der Waals surface area contributed by atoms with E-state index in [1.165, 1.54) is 32.1 Å². The van der Waals surface area contributed by atoms with Crippen LogP contribution in [0.4, 0.5) is 0 Å². The van der Waals surface area contributed by atoms with Crippen LogP contribution in [0.25, 0.3) is 0 Å². The van der Waals surface area contributed by atoms with Gasteiger partial charge in [0, 0.05) is 25.3 Å². The van der Waals surface area contributed by atoms with E-state index in [2.05, 4.69) is 0 Å². The SMILES string of the molecule is CCO[Si](CC(N)C1CCCCC1)OCC. The molecule has 0 aromatic carbocycles. The van der Waals surface area contributed by atoms with Crippen LogP contribution in [0.3, 0.4) is 0 Å². The van der Waals surface area contributed by atoms with E-state index in [-0.39, 0.29) is 6.04 Å². The van der Waals surface area contributed by atoms with Gasteiger partial charge in [-0.3, -0.25) is 0 Å². The van der Waals surface area contributed by atoms with Gasteiger partial charge >= 0.3 is 9.28 Å². The Kier molecular flexibility index (Phi) is 7.28. The highest BCUT2D eigenvalue weighted by atomic mass is 28.3. The predicted octanol–water partition coefficient (Wildman–Crippen LogP) is 2.46. The highest BCUT2D eigenvalue weighted by Crippen LogP contribution is 2.27. The van der Waals surface area contributed by atoms with Crippen molar-refractivity contribution in [3.8, 4) is 0 Å². The quantitative estimate of drug-likeness (QED) is 0.700.